The number of alkyl halides is 3. The minimum Gasteiger partial charge on any atom is -0.376 e. The molecule has 0 saturated carbocycles. The lowest BCUT2D eigenvalue weighted by molar-refractivity contribution is -0.142. The molecule has 0 spiro atoms. The topological polar surface area (TPSA) is 68.5 Å². The van der Waals surface area contributed by atoms with Gasteiger partial charge in [0.2, 0.25) is 0 Å². The van der Waals surface area contributed by atoms with Gasteiger partial charge in [-0.25, -0.2) is 9.50 Å². The van der Waals surface area contributed by atoms with Crippen LogP contribution in [-0.2, 0) is 10.9 Å². The van der Waals surface area contributed by atoms with E-state index in [1.165, 1.54) is 11.3 Å². The minimum atomic E-state index is -4.68. The van der Waals surface area contributed by atoms with Gasteiger partial charge in [-0.3, -0.25) is 4.79 Å². The van der Waals surface area contributed by atoms with Crippen LogP contribution in [0, 0.1) is 0 Å². The second-order valence-electron chi connectivity index (χ2n) is 6.40. The Balaban J connectivity index is 1.75. The fraction of sp³-hybridized carbons (Fsp3) is 0.353. The van der Waals surface area contributed by atoms with Gasteiger partial charge < -0.3 is 10.1 Å². The maximum Gasteiger partial charge on any atom is 0.433 e. The van der Waals surface area contributed by atoms with Crippen molar-refractivity contribution in [2.24, 2.45) is 0 Å². The van der Waals surface area contributed by atoms with Crippen molar-refractivity contribution in [1.82, 2.24) is 19.9 Å². The summed E-state index contributed by atoms with van der Waals surface area (Å²) in [7, 11) is 0. The highest BCUT2D eigenvalue weighted by Crippen LogP contribution is 2.36. The van der Waals surface area contributed by atoms with E-state index >= 15 is 0 Å². The molecular weight excluding hydrogens is 541 g/mol. The van der Waals surface area contributed by atoms with Gasteiger partial charge >= 0.3 is 6.18 Å². The zero-order valence-electron chi connectivity index (χ0n) is 14.6. The number of ether oxygens (including phenoxy) is 1. The molecule has 0 aliphatic carbocycles. The summed E-state index contributed by atoms with van der Waals surface area (Å²) in [4.78, 5) is 17.4. The van der Waals surface area contributed by atoms with Gasteiger partial charge in [0, 0.05) is 23.0 Å². The summed E-state index contributed by atoms with van der Waals surface area (Å²) in [5.41, 5.74) is -1.11. The SMILES string of the molecule is O=C(NC[C@H]1CCCO1)c1nn2c(C(F)(F)F)cc(-c3cc(Br)cs3)nc2c1Br. The Morgan fingerprint density at radius 1 is 1.38 bits per heavy atom. The summed E-state index contributed by atoms with van der Waals surface area (Å²) < 4.78 is 48.0. The van der Waals surface area contributed by atoms with Gasteiger partial charge in [-0.15, -0.1) is 11.3 Å². The number of rotatable bonds is 4. The number of carbonyl (C=O) groups excluding carboxylic acids is 1. The van der Waals surface area contributed by atoms with Gasteiger partial charge in [-0.05, 0) is 56.8 Å². The molecule has 0 aromatic carbocycles. The number of carbonyl (C=O) groups is 1. The van der Waals surface area contributed by atoms with Gasteiger partial charge in [0.05, 0.1) is 21.1 Å². The van der Waals surface area contributed by atoms with E-state index in [2.05, 4.69) is 47.3 Å². The zero-order valence-corrected chi connectivity index (χ0v) is 18.6. The van der Waals surface area contributed by atoms with Crippen molar-refractivity contribution in [3.8, 4) is 10.6 Å². The van der Waals surface area contributed by atoms with Crippen LogP contribution in [0.4, 0.5) is 13.2 Å². The van der Waals surface area contributed by atoms with Crippen molar-refractivity contribution in [3.05, 3.63) is 37.8 Å². The highest BCUT2D eigenvalue weighted by Gasteiger charge is 2.37. The van der Waals surface area contributed by atoms with Crippen molar-refractivity contribution in [3.63, 3.8) is 0 Å². The molecule has 0 unspecified atom stereocenters. The van der Waals surface area contributed by atoms with Crippen LogP contribution in [0.3, 0.4) is 0 Å². The molecule has 1 saturated heterocycles. The van der Waals surface area contributed by atoms with Crippen molar-refractivity contribution >= 4 is 54.8 Å². The molecule has 4 rings (SSSR count). The van der Waals surface area contributed by atoms with Crippen molar-refractivity contribution < 1.29 is 22.7 Å². The number of nitrogens with one attached hydrogen (secondary N) is 1. The first-order chi connectivity index (χ1) is 13.7. The molecule has 3 aromatic heterocycles. The number of fused-ring (bicyclic) bond motifs is 1. The summed E-state index contributed by atoms with van der Waals surface area (Å²) >= 11 is 7.75. The number of nitrogens with zero attached hydrogens (tertiary/aromatic N) is 3. The van der Waals surface area contributed by atoms with Crippen molar-refractivity contribution in [1.29, 1.82) is 0 Å². The highest BCUT2D eigenvalue weighted by molar-refractivity contribution is 9.11. The van der Waals surface area contributed by atoms with E-state index < -0.39 is 17.8 Å². The van der Waals surface area contributed by atoms with E-state index in [1.54, 1.807) is 11.4 Å². The lowest BCUT2D eigenvalue weighted by Gasteiger charge is -2.10. The van der Waals surface area contributed by atoms with E-state index in [4.69, 9.17) is 4.74 Å². The Morgan fingerprint density at radius 3 is 2.79 bits per heavy atom. The third-order valence-electron chi connectivity index (χ3n) is 4.37. The fourth-order valence-electron chi connectivity index (χ4n) is 3.01. The van der Waals surface area contributed by atoms with Gasteiger partial charge in [0.15, 0.2) is 17.0 Å². The molecule has 6 nitrogen and oxygen atoms in total. The van der Waals surface area contributed by atoms with Crippen LogP contribution in [0.5, 0.6) is 0 Å². The van der Waals surface area contributed by atoms with Crippen LogP contribution in [-0.4, -0.2) is 39.8 Å². The van der Waals surface area contributed by atoms with Gasteiger partial charge in [-0.1, -0.05) is 0 Å². The van der Waals surface area contributed by atoms with Crippen LogP contribution in [0.25, 0.3) is 16.2 Å². The molecule has 4 heterocycles. The Labute approximate surface area is 183 Å². The van der Waals surface area contributed by atoms with Crippen LogP contribution in [0.2, 0.25) is 0 Å². The summed E-state index contributed by atoms with van der Waals surface area (Å²) in [6.07, 6.45) is -3.03. The molecule has 0 bridgehead atoms. The normalized spacial score (nSPS) is 17.2. The predicted molar refractivity (Wildman–Crippen MR) is 108 cm³/mol. The van der Waals surface area contributed by atoms with Crippen molar-refractivity contribution in [2.45, 2.75) is 25.1 Å². The standard InChI is InChI=1S/C17H13Br2F3N4O2S/c18-8-4-11(29-7-8)10-5-12(17(20,21)22)26-15(24-10)13(19)14(25-26)16(27)23-6-9-2-1-3-28-9/h4-5,7,9H,1-3,6H2,(H,23,27)/t9-/m1/s1. The molecular formula is C17H13Br2F3N4O2S. The highest BCUT2D eigenvalue weighted by atomic mass is 79.9. The van der Waals surface area contributed by atoms with E-state index in [1.807, 2.05) is 0 Å². The Hall–Kier alpha value is -1.50. The smallest absolute Gasteiger partial charge is 0.376 e. The third kappa shape index (κ3) is 4.21. The van der Waals surface area contributed by atoms with E-state index in [0.29, 0.717) is 16.0 Å². The lowest BCUT2D eigenvalue weighted by atomic mass is 10.2. The molecule has 1 aliphatic heterocycles. The Morgan fingerprint density at radius 2 is 2.17 bits per heavy atom. The van der Waals surface area contributed by atoms with Crippen LogP contribution >= 0.6 is 43.2 Å². The number of amides is 1. The first-order valence-electron chi connectivity index (χ1n) is 8.54. The number of halogens is 5. The molecule has 29 heavy (non-hydrogen) atoms. The predicted octanol–water partition coefficient (Wildman–Crippen LogP) is 4.91. The summed E-state index contributed by atoms with van der Waals surface area (Å²) in [5, 5.41) is 8.31. The van der Waals surface area contributed by atoms with Crippen molar-refractivity contribution in [2.75, 3.05) is 13.2 Å². The largest absolute Gasteiger partial charge is 0.433 e. The molecule has 1 fully saturated rings. The number of thiophene rings is 1. The van der Waals surface area contributed by atoms with E-state index in [-0.39, 0.29) is 34.2 Å². The first kappa shape index (κ1) is 20.8. The minimum absolute atomic E-state index is 0.0818. The Kier molecular flexibility index (Phi) is 5.70. The maximum atomic E-state index is 13.7. The third-order valence-corrected chi connectivity index (χ3v) is 6.82. The lowest BCUT2D eigenvalue weighted by Crippen LogP contribution is -2.32. The van der Waals surface area contributed by atoms with E-state index in [0.717, 1.165) is 23.4 Å². The molecule has 0 radical (unpaired) electrons. The first-order valence-corrected chi connectivity index (χ1v) is 11.0. The van der Waals surface area contributed by atoms with Gasteiger partial charge in [0.1, 0.15) is 0 Å². The molecule has 3 aromatic rings. The number of hydrogen-bond acceptors (Lipinski definition) is 5. The second kappa shape index (κ2) is 7.97. The average molecular weight is 554 g/mol. The summed E-state index contributed by atoms with van der Waals surface area (Å²) in [5.74, 6) is -0.591. The monoisotopic (exact) mass is 552 g/mol. The Bertz CT molecular complexity index is 1080. The zero-order chi connectivity index (χ0) is 20.8. The molecule has 1 amide bonds. The molecule has 12 heteroatoms. The average Bonchev–Trinajstić information content (AvgIpc) is 3.39. The fourth-order valence-corrected chi connectivity index (χ4v) is 4.91. The van der Waals surface area contributed by atoms with Crippen LogP contribution < -0.4 is 5.32 Å². The maximum absolute atomic E-state index is 13.7. The van der Waals surface area contributed by atoms with E-state index in [9.17, 15) is 18.0 Å². The second-order valence-corrected chi connectivity index (χ2v) is 9.02. The summed E-state index contributed by atoms with van der Waals surface area (Å²) in [6, 6.07) is 2.61. The molecule has 154 valence electrons. The number of aromatic nitrogens is 3. The van der Waals surface area contributed by atoms with Crippen LogP contribution in [0.1, 0.15) is 29.0 Å². The molecule has 1 atom stereocenters. The van der Waals surface area contributed by atoms with Crippen LogP contribution in [0.15, 0.2) is 26.5 Å². The summed E-state index contributed by atoms with van der Waals surface area (Å²) in [6.45, 7) is 0.909. The van der Waals surface area contributed by atoms with Gasteiger partial charge in [-0.2, -0.15) is 18.3 Å². The quantitative estimate of drug-likeness (QED) is 0.498. The number of hydrogen-bond donors (Lipinski definition) is 1. The molecule has 1 N–H and O–H groups in total. The van der Waals surface area contributed by atoms with Gasteiger partial charge in [0.25, 0.3) is 5.91 Å². The molecule has 1 aliphatic rings.